The number of carbonyl (C=O) groups is 3. The van der Waals surface area contributed by atoms with Crippen LogP contribution in [0.2, 0.25) is 0 Å². The average Bonchev–Trinajstić information content (AvgIpc) is 3.73. The van der Waals surface area contributed by atoms with Crippen LogP contribution in [0.3, 0.4) is 0 Å². The summed E-state index contributed by atoms with van der Waals surface area (Å²) in [6.07, 6.45) is 2.37. The Morgan fingerprint density at radius 1 is 1.03 bits per heavy atom. The Morgan fingerprint density at radius 2 is 1.69 bits per heavy atom. The Bertz CT molecular complexity index is 1090. The first-order chi connectivity index (χ1) is 18.6. The Hall–Kier alpha value is -3.39. The topological polar surface area (TPSA) is 94.2 Å². The van der Waals surface area contributed by atoms with E-state index in [1.165, 1.54) is 12.0 Å². The van der Waals surface area contributed by atoms with Crippen molar-refractivity contribution in [3.8, 4) is 5.75 Å². The van der Waals surface area contributed by atoms with Gasteiger partial charge in [0.15, 0.2) is 5.78 Å². The Morgan fingerprint density at radius 3 is 2.33 bits per heavy atom. The molecule has 1 aliphatic rings. The third-order valence-corrected chi connectivity index (χ3v) is 6.41. The smallest absolute Gasteiger partial charge is 0.411 e. The number of hydrogen-bond acceptors (Lipinski definition) is 7. The maximum absolute atomic E-state index is 13.2. The molecule has 3 rings (SSSR count). The van der Waals surface area contributed by atoms with E-state index in [0.717, 1.165) is 37.0 Å². The van der Waals surface area contributed by atoms with Crippen molar-refractivity contribution in [1.82, 2.24) is 10.2 Å². The van der Waals surface area contributed by atoms with Crippen molar-refractivity contribution in [3.63, 3.8) is 0 Å². The molecule has 0 aromatic heterocycles. The van der Waals surface area contributed by atoms with Crippen LogP contribution in [0.5, 0.6) is 5.75 Å². The van der Waals surface area contributed by atoms with Gasteiger partial charge >= 0.3 is 12.1 Å². The van der Waals surface area contributed by atoms with Gasteiger partial charge in [0.2, 0.25) is 0 Å². The molecule has 8 nitrogen and oxygen atoms in total. The number of ketones is 1. The first-order valence-electron chi connectivity index (χ1n) is 13.7. The molecule has 0 aliphatic heterocycles. The molecule has 8 heteroatoms. The van der Waals surface area contributed by atoms with Crippen LogP contribution in [0.4, 0.5) is 4.79 Å². The van der Waals surface area contributed by atoms with Gasteiger partial charge in [-0.05, 0) is 77.5 Å². The van der Waals surface area contributed by atoms with Gasteiger partial charge in [0.25, 0.3) is 0 Å². The van der Waals surface area contributed by atoms with Crippen LogP contribution < -0.4 is 10.1 Å². The monoisotopic (exact) mass is 538 g/mol. The molecule has 2 atom stereocenters. The van der Waals surface area contributed by atoms with Crippen molar-refractivity contribution < 1.29 is 28.6 Å². The molecule has 0 spiro atoms. The van der Waals surface area contributed by atoms with Crippen LogP contribution in [-0.2, 0) is 20.7 Å². The number of nitrogens with one attached hydrogen (secondary N) is 1. The van der Waals surface area contributed by atoms with Gasteiger partial charge in [0.05, 0.1) is 20.2 Å². The van der Waals surface area contributed by atoms with E-state index >= 15 is 0 Å². The summed E-state index contributed by atoms with van der Waals surface area (Å²) in [5, 5.41) is 3.22. The standard InChI is InChI=1S/C31H42N2O6/c1-22(21-33(30(36)39-31(2,3)4)28(25-17-18-25)29(35)37-5)38-27-16-10-9-14-24(27)15-11-19-32-20-26(34)23-12-7-6-8-13-23/h6-10,12-14,16,22,25,28,32H,11,15,17-21H2,1-5H3/t22-,28+/m1/s1. The van der Waals surface area contributed by atoms with E-state index < -0.39 is 29.8 Å². The molecule has 0 radical (unpaired) electrons. The lowest BCUT2D eigenvalue weighted by Gasteiger charge is -2.34. The van der Waals surface area contributed by atoms with Crippen molar-refractivity contribution in [2.24, 2.45) is 5.92 Å². The predicted octanol–water partition coefficient (Wildman–Crippen LogP) is 5.05. The number of carbonyl (C=O) groups excluding carboxylic acids is 3. The first kappa shape index (κ1) is 30.2. The number of amides is 1. The SMILES string of the molecule is COC(=O)[C@H](C1CC1)N(C[C@@H](C)Oc1ccccc1CCCNCC(=O)c1ccccc1)C(=O)OC(C)(C)C. The van der Waals surface area contributed by atoms with Crippen molar-refractivity contribution in [1.29, 1.82) is 0 Å². The average molecular weight is 539 g/mol. The highest BCUT2D eigenvalue weighted by atomic mass is 16.6. The van der Waals surface area contributed by atoms with Crippen molar-refractivity contribution >= 4 is 17.8 Å². The lowest BCUT2D eigenvalue weighted by atomic mass is 10.1. The van der Waals surface area contributed by atoms with E-state index in [9.17, 15) is 14.4 Å². The third kappa shape index (κ3) is 9.70. The summed E-state index contributed by atoms with van der Waals surface area (Å²) in [7, 11) is 1.34. The highest BCUT2D eigenvalue weighted by molar-refractivity contribution is 5.97. The number of Topliss-reactive ketones (excluding diaryl/α,β-unsaturated/α-hetero) is 1. The zero-order valence-corrected chi connectivity index (χ0v) is 23.8. The van der Waals surface area contributed by atoms with Gasteiger partial charge in [-0.2, -0.15) is 0 Å². The van der Waals surface area contributed by atoms with Crippen LogP contribution in [0.1, 0.15) is 62.9 Å². The van der Waals surface area contributed by atoms with Gasteiger partial charge in [0, 0.05) is 5.56 Å². The quantitative estimate of drug-likeness (QED) is 0.204. The predicted molar refractivity (Wildman–Crippen MR) is 150 cm³/mol. The van der Waals surface area contributed by atoms with Gasteiger partial charge in [-0.1, -0.05) is 48.5 Å². The zero-order valence-electron chi connectivity index (χ0n) is 23.8. The molecule has 2 aromatic carbocycles. The van der Waals surface area contributed by atoms with Crippen molar-refractivity contribution in [3.05, 3.63) is 65.7 Å². The molecule has 0 bridgehead atoms. The minimum Gasteiger partial charge on any atom is -0.489 e. The minimum atomic E-state index is -0.698. The van der Waals surface area contributed by atoms with E-state index in [-0.39, 0.29) is 18.2 Å². The Balaban J connectivity index is 1.58. The van der Waals surface area contributed by atoms with Gasteiger partial charge < -0.3 is 19.5 Å². The van der Waals surface area contributed by atoms with Crippen LogP contribution in [0, 0.1) is 5.92 Å². The summed E-state index contributed by atoms with van der Waals surface area (Å²) < 4.78 is 17.0. The molecule has 1 N–H and O–H groups in total. The molecule has 0 heterocycles. The van der Waals surface area contributed by atoms with Crippen LogP contribution in [0.25, 0.3) is 0 Å². The molecule has 1 amide bonds. The highest BCUT2D eigenvalue weighted by Crippen LogP contribution is 2.37. The second kappa shape index (κ2) is 14.1. The number of ether oxygens (including phenoxy) is 3. The minimum absolute atomic E-state index is 0.0609. The van der Waals surface area contributed by atoms with E-state index in [1.54, 1.807) is 20.8 Å². The molecule has 1 aliphatic carbocycles. The maximum Gasteiger partial charge on any atom is 0.411 e. The van der Waals surface area contributed by atoms with Gasteiger partial charge in [-0.25, -0.2) is 9.59 Å². The summed E-state index contributed by atoms with van der Waals surface area (Å²) in [4.78, 5) is 39.6. The fourth-order valence-corrected chi connectivity index (χ4v) is 4.42. The Labute approximate surface area is 232 Å². The van der Waals surface area contributed by atoms with Gasteiger partial charge in [0.1, 0.15) is 23.5 Å². The summed E-state index contributed by atoms with van der Waals surface area (Å²) in [5.41, 5.74) is 1.04. The highest BCUT2D eigenvalue weighted by Gasteiger charge is 2.44. The number of para-hydroxylation sites is 1. The normalized spacial score (nSPS) is 14.7. The number of benzene rings is 2. The summed E-state index contributed by atoms with van der Waals surface area (Å²) >= 11 is 0. The summed E-state index contributed by atoms with van der Waals surface area (Å²) in [6, 6.07) is 16.4. The largest absolute Gasteiger partial charge is 0.489 e. The van der Waals surface area contributed by atoms with Crippen molar-refractivity contribution in [2.45, 2.75) is 71.1 Å². The molecule has 212 valence electrons. The lowest BCUT2D eigenvalue weighted by molar-refractivity contribution is -0.148. The molecule has 39 heavy (non-hydrogen) atoms. The number of esters is 1. The second-order valence-electron chi connectivity index (χ2n) is 11.0. The fraction of sp³-hybridized carbons (Fsp3) is 0.516. The summed E-state index contributed by atoms with van der Waals surface area (Å²) in [5.74, 6) is 0.426. The molecular formula is C31H42N2O6. The van der Waals surface area contributed by atoms with E-state index in [2.05, 4.69) is 5.32 Å². The fourth-order valence-electron chi connectivity index (χ4n) is 4.42. The van der Waals surface area contributed by atoms with E-state index in [1.807, 2.05) is 61.5 Å². The number of hydrogen-bond donors (Lipinski definition) is 1. The number of nitrogens with zero attached hydrogens (tertiary/aromatic N) is 1. The first-order valence-corrected chi connectivity index (χ1v) is 13.7. The van der Waals surface area contributed by atoms with Crippen LogP contribution in [0.15, 0.2) is 54.6 Å². The lowest BCUT2D eigenvalue weighted by Crippen LogP contribution is -2.52. The molecule has 0 saturated heterocycles. The number of aryl methyl sites for hydroxylation is 1. The zero-order chi connectivity index (χ0) is 28.4. The van der Waals surface area contributed by atoms with Gasteiger partial charge in [-0.15, -0.1) is 0 Å². The van der Waals surface area contributed by atoms with Crippen molar-refractivity contribution in [2.75, 3.05) is 26.7 Å². The molecule has 1 fully saturated rings. The summed E-state index contributed by atoms with van der Waals surface area (Å²) in [6.45, 7) is 8.45. The molecule has 1 saturated carbocycles. The third-order valence-electron chi connectivity index (χ3n) is 6.41. The maximum atomic E-state index is 13.2. The van der Waals surface area contributed by atoms with E-state index in [0.29, 0.717) is 18.7 Å². The molecule has 2 aromatic rings. The number of methoxy groups -OCH3 is 1. The van der Waals surface area contributed by atoms with E-state index in [4.69, 9.17) is 14.2 Å². The second-order valence-corrected chi connectivity index (χ2v) is 11.0. The molecule has 0 unspecified atom stereocenters. The number of rotatable bonds is 14. The Kier molecular flexibility index (Phi) is 10.9. The van der Waals surface area contributed by atoms with Crippen LogP contribution >= 0.6 is 0 Å². The van der Waals surface area contributed by atoms with Gasteiger partial charge in [-0.3, -0.25) is 9.69 Å². The van der Waals surface area contributed by atoms with Crippen LogP contribution in [-0.4, -0.2) is 67.2 Å². The molecular weight excluding hydrogens is 496 g/mol.